The van der Waals surface area contributed by atoms with Crippen molar-refractivity contribution in [3.63, 3.8) is 0 Å². The molecule has 1 saturated heterocycles. The summed E-state index contributed by atoms with van der Waals surface area (Å²) in [6, 6.07) is 19.9. The van der Waals surface area contributed by atoms with E-state index in [0.29, 0.717) is 5.56 Å². The fourth-order valence-corrected chi connectivity index (χ4v) is 5.45. The Balaban J connectivity index is 1.94. The maximum Gasteiger partial charge on any atom is 0.334 e. The molecular formula is C25H24N2O5S. The van der Waals surface area contributed by atoms with Gasteiger partial charge in [0.2, 0.25) is 0 Å². The molecule has 0 bridgehead atoms. The molecule has 2 N–H and O–H groups in total. The van der Waals surface area contributed by atoms with Crippen molar-refractivity contribution >= 4 is 29.2 Å². The molecule has 0 aliphatic carbocycles. The van der Waals surface area contributed by atoms with E-state index in [1.54, 1.807) is 30.3 Å². The lowest BCUT2D eigenvalue weighted by Crippen LogP contribution is -2.61. The Morgan fingerprint density at radius 1 is 0.909 bits per heavy atom. The van der Waals surface area contributed by atoms with Crippen molar-refractivity contribution in [2.45, 2.75) is 23.5 Å². The Labute approximate surface area is 195 Å². The first-order valence-corrected chi connectivity index (χ1v) is 11.3. The van der Waals surface area contributed by atoms with E-state index < -0.39 is 41.4 Å². The number of benzene rings is 2. The quantitative estimate of drug-likeness (QED) is 0.545. The lowest BCUT2D eigenvalue weighted by atomic mass is 9.75. The SMILES string of the molecule is COC(=O)[C@@H]1N[C@H](c2ccccc2)[C@](NC(=O)c2ccccc2)(C(=O)OC)[C@H]1c1cccs1. The van der Waals surface area contributed by atoms with Crippen LogP contribution in [0.25, 0.3) is 0 Å². The van der Waals surface area contributed by atoms with Gasteiger partial charge in [0, 0.05) is 10.4 Å². The molecule has 33 heavy (non-hydrogen) atoms. The van der Waals surface area contributed by atoms with E-state index in [0.717, 1.165) is 10.4 Å². The van der Waals surface area contributed by atoms with Crippen LogP contribution >= 0.6 is 11.3 Å². The number of rotatable bonds is 6. The van der Waals surface area contributed by atoms with Gasteiger partial charge in [-0.15, -0.1) is 11.3 Å². The number of methoxy groups -OCH3 is 2. The second kappa shape index (κ2) is 9.56. The first-order valence-electron chi connectivity index (χ1n) is 10.4. The highest BCUT2D eigenvalue weighted by molar-refractivity contribution is 7.10. The fourth-order valence-electron chi connectivity index (χ4n) is 4.51. The Morgan fingerprint density at radius 3 is 2.15 bits per heavy atom. The Hall–Kier alpha value is -3.49. The molecule has 0 spiro atoms. The number of carbonyl (C=O) groups is 3. The van der Waals surface area contributed by atoms with Crippen LogP contribution in [0.1, 0.15) is 32.8 Å². The summed E-state index contributed by atoms with van der Waals surface area (Å²) >= 11 is 1.40. The summed E-state index contributed by atoms with van der Waals surface area (Å²) in [5.74, 6) is -2.40. The predicted molar refractivity (Wildman–Crippen MR) is 124 cm³/mol. The van der Waals surface area contributed by atoms with Gasteiger partial charge in [-0.3, -0.25) is 14.9 Å². The van der Waals surface area contributed by atoms with Crippen LogP contribution in [0, 0.1) is 0 Å². The summed E-state index contributed by atoms with van der Waals surface area (Å²) in [4.78, 5) is 40.7. The lowest BCUT2D eigenvalue weighted by molar-refractivity contribution is -0.150. The van der Waals surface area contributed by atoms with Gasteiger partial charge in [0.1, 0.15) is 6.04 Å². The van der Waals surface area contributed by atoms with E-state index in [1.165, 1.54) is 25.6 Å². The van der Waals surface area contributed by atoms with Crippen LogP contribution in [0.2, 0.25) is 0 Å². The van der Waals surface area contributed by atoms with Gasteiger partial charge in [0.05, 0.1) is 26.2 Å². The normalized spacial score (nSPS) is 24.1. The van der Waals surface area contributed by atoms with Crippen molar-refractivity contribution in [2.24, 2.45) is 0 Å². The largest absolute Gasteiger partial charge is 0.468 e. The monoisotopic (exact) mass is 464 g/mol. The molecule has 7 nitrogen and oxygen atoms in total. The van der Waals surface area contributed by atoms with Crippen molar-refractivity contribution in [2.75, 3.05) is 14.2 Å². The number of hydrogen-bond acceptors (Lipinski definition) is 7. The van der Waals surface area contributed by atoms with Gasteiger partial charge >= 0.3 is 11.9 Å². The molecule has 1 aliphatic heterocycles. The molecule has 170 valence electrons. The van der Waals surface area contributed by atoms with Crippen LogP contribution in [-0.2, 0) is 19.1 Å². The maximum absolute atomic E-state index is 13.6. The third kappa shape index (κ3) is 4.03. The van der Waals surface area contributed by atoms with Crippen LogP contribution in [0.5, 0.6) is 0 Å². The lowest BCUT2D eigenvalue weighted by Gasteiger charge is -2.37. The van der Waals surface area contributed by atoms with Crippen molar-refractivity contribution in [1.29, 1.82) is 0 Å². The highest BCUT2D eigenvalue weighted by Crippen LogP contribution is 2.49. The first-order chi connectivity index (χ1) is 16.0. The highest BCUT2D eigenvalue weighted by atomic mass is 32.1. The molecule has 1 fully saturated rings. The number of carbonyl (C=O) groups excluding carboxylic acids is 3. The van der Waals surface area contributed by atoms with Crippen LogP contribution in [0.4, 0.5) is 0 Å². The molecule has 4 atom stereocenters. The third-order valence-corrected chi connectivity index (χ3v) is 6.90. The van der Waals surface area contributed by atoms with Crippen molar-refractivity contribution < 1.29 is 23.9 Å². The van der Waals surface area contributed by atoms with E-state index in [4.69, 9.17) is 9.47 Å². The summed E-state index contributed by atoms with van der Waals surface area (Å²) in [5, 5.41) is 8.12. The maximum atomic E-state index is 13.6. The van der Waals surface area contributed by atoms with Gasteiger partial charge in [-0.2, -0.15) is 0 Å². The van der Waals surface area contributed by atoms with Gasteiger partial charge in [-0.1, -0.05) is 54.6 Å². The Bertz CT molecular complexity index is 1120. The van der Waals surface area contributed by atoms with Gasteiger partial charge in [0.25, 0.3) is 5.91 Å². The van der Waals surface area contributed by atoms with E-state index in [-0.39, 0.29) is 0 Å². The molecular weight excluding hydrogens is 440 g/mol. The molecule has 1 aromatic heterocycles. The average molecular weight is 465 g/mol. The first kappa shape index (κ1) is 22.7. The van der Waals surface area contributed by atoms with E-state index in [1.807, 2.05) is 47.8 Å². The molecule has 2 heterocycles. The molecule has 8 heteroatoms. The van der Waals surface area contributed by atoms with Crippen molar-refractivity contribution in [3.8, 4) is 0 Å². The molecule has 0 unspecified atom stereocenters. The molecule has 0 saturated carbocycles. The molecule has 2 aromatic carbocycles. The minimum absolute atomic E-state index is 0.388. The third-order valence-electron chi connectivity index (χ3n) is 5.94. The zero-order valence-corrected chi connectivity index (χ0v) is 19.0. The summed E-state index contributed by atoms with van der Waals surface area (Å²) in [6.07, 6.45) is 0. The van der Waals surface area contributed by atoms with Crippen LogP contribution in [0.3, 0.4) is 0 Å². The number of ether oxygens (including phenoxy) is 2. The summed E-state index contributed by atoms with van der Waals surface area (Å²) in [5.41, 5.74) is -0.504. The molecule has 1 aliphatic rings. The summed E-state index contributed by atoms with van der Waals surface area (Å²) < 4.78 is 10.4. The minimum atomic E-state index is -1.62. The van der Waals surface area contributed by atoms with Gasteiger partial charge in [-0.25, -0.2) is 4.79 Å². The van der Waals surface area contributed by atoms with E-state index >= 15 is 0 Å². The summed E-state index contributed by atoms with van der Waals surface area (Å²) in [7, 11) is 2.57. The van der Waals surface area contributed by atoms with Gasteiger partial charge in [-0.05, 0) is 29.1 Å². The minimum Gasteiger partial charge on any atom is -0.468 e. The highest BCUT2D eigenvalue weighted by Gasteiger charge is 2.64. The number of thiophene rings is 1. The van der Waals surface area contributed by atoms with Gasteiger partial charge in [0.15, 0.2) is 5.54 Å². The zero-order chi connectivity index (χ0) is 23.4. The second-order valence-electron chi connectivity index (χ2n) is 7.69. The number of esters is 2. The standard InChI is InChI=1S/C25H24N2O5S/c1-31-23(29)20-19(18-14-9-15-33-18)25(24(30)32-2,21(26-20)16-10-5-3-6-11-16)27-22(28)17-12-7-4-8-13-17/h3-15,19-21,26H,1-2H3,(H,27,28)/t19-,20+,21+,25-/m0/s1. The van der Waals surface area contributed by atoms with Crippen LogP contribution < -0.4 is 10.6 Å². The van der Waals surface area contributed by atoms with E-state index in [9.17, 15) is 14.4 Å². The summed E-state index contributed by atoms with van der Waals surface area (Å²) in [6.45, 7) is 0. The van der Waals surface area contributed by atoms with E-state index in [2.05, 4.69) is 10.6 Å². The number of nitrogens with one attached hydrogen (secondary N) is 2. The average Bonchev–Trinajstić information content (AvgIpc) is 3.50. The smallest absolute Gasteiger partial charge is 0.334 e. The Morgan fingerprint density at radius 2 is 1.58 bits per heavy atom. The molecule has 1 amide bonds. The van der Waals surface area contributed by atoms with Crippen LogP contribution in [0.15, 0.2) is 78.2 Å². The predicted octanol–water partition coefficient (Wildman–Crippen LogP) is 3.06. The van der Waals surface area contributed by atoms with Crippen molar-refractivity contribution in [1.82, 2.24) is 10.6 Å². The van der Waals surface area contributed by atoms with Crippen molar-refractivity contribution in [3.05, 3.63) is 94.2 Å². The number of hydrogen-bond donors (Lipinski definition) is 2. The topological polar surface area (TPSA) is 93.7 Å². The van der Waals surface area contributed by atoms with Crippen LogP contribution in [-0.4, -0.2) is 43.6 Å². The second-order valence-corrected chi connectivity index (χ2v) is 8.66. The molecule has 3 aromatic rings. The Kier molecular flexibility index (Phi) is 6.57. The molecule has 0 radical (unpaired) electrons. The van der Waals surface area contributed by atoms with Gasteiger partial charge < -0.3 is 14.8 Å². The molecule has 4 rings (SSSR count). The number of amides is 1. The fraction of sp³-hybridized carbons (Fsp3) is 0.240. The zero-order valence-electron chi connectivity index (χ0n) is 18.2.